The Labute approximate surface area is 157 Å². The van der Waals surface area contributed by atoms with Gasteiger partial charge in [0, 0.05) is 6.42 Å². The highest BCUT2D eigenvalue weighted by Crippen LogP contribution is 2.17. The predicted molar refractivity (Wildman–Crippen MR) is 93.5 cm³/mol. The monoisotopic (exact) mass is 385 g/mol. The number of rotatable bonds is 7. The topological polar surface area (TPSA) is 152 Å². The Hall–Kier alpha value is -3.95. The molecule has 0 saturated heterocycles. The van der Waals surface area contributed by atoms with E-state index in [-0.39, 0.29) is 13.0 Å². The smallest absolute Gasteiger partial charge is 0.394 e. The summed E-state index contributed by atoms with van der Waals surface area (Å²) in [5.41, 5.74) is 2.74. The van der Waals surface area contributed by atoms with Crippen molar-refractivity contribution in [2.45, 2.75) is 19.1 Å². The van der Waals surface area contributed by atoms with Crippen LogP contribution in [0.25, 0.3) is 11.0 Å². The quantitative estimate of drug-likeness (QED) is 0.506. The molecule has 0 radical (unpaired) electrons. The first kappa shape index (κ1) is 18.8. The Morgan fingerprint density at radius 2 is 1.68 bits per heavy atom. The van der Waals surface area contributed by atoms with E-state index < -0.39 is 23.9 Å². The second-order valence-electron chi connectivity index (χ2n) is 5.89. The summed E-state index contributed by atoms with van der Waals surface area (Å²) in [4.78, 5) is 33.0. The van der Waals surface area contributed by atoms with Gasteiger partial charge in [0.05, 0.1) is 0 Å². The number of nitrogens with zero attached hydrogens (tertiary/aromatic N) is 2. The molecular formula is C18H15N3O7. The van der Waals surface area contributed by atoms with Crippen molar-refractivity contribution in [3.63, 3.8) is 0 Å². The van der Waals surface area contributed by atoms with Gasteiger partial charge in [0.15, 0.2) is 0 Å². The van der Waals surface area contributed by atoms with E-state index in [1.165, 1.54) is 0 Å². The van der Waals surface area contributed by atoms with Crippen molar-refractivity contribution in [1.29, 1.82) is 0 Å². The van der Waals surface area contributed by atoms with Gasteiger partial charge in [-0.05, 0) is 45.7 Å². The highest BCUT2D eigenvalue weighted by molar-refractivity contribution is 6.31. The van der Waals surface area contributed by atoms with Gasteiger partial charge in [-0.1, -0.05) is 18.2 Å². The molecule has 0 aliphatic carbocycles. The molecule has 2 aromatic carbocycles. The Kier molecular flexibility index (Phi) is 5.49. The summed E-state index contributed by atoms with van der Waals surface area (Å²) in [6.45, 7) is 0.286. The van der Waals surface area contributed by atoms with Gasteiger partial charge in [-0.15, -0.1) is 0 Å². The first-order chi connectivity index (χ1) is 13.4. The van der Waals surface area contributed by atoms with Gasteiger partial charge in [-0.2, -0.15) is 0 Å². The normalized spacial score (nSPS) is 11.7. The summed E-state index contributed by atoms with van der Waals surface area (Å²) in [6.07, 6.45) is -0.0650. The molecule has 1 heterocycles. The molecule has 3 N–H and O–H groups in total. The number of carboxylic acid groups (broad SMARTS) is 2. The fraction of sp³-hybridized carbons (Fsp3) is 0.167. The zero-order valence-electron chi connectivity index (χ0n) is 14.4. The van der Waals surface area contributed by atoms with E-state index in [0.717, 1.165) is 5.56 Å². The molecular weight excluding hydrogens is 370 g/mol. The number of aliphatic carboxylic acids is 2. The van der Waals surface area contributed by atoms with Crippen molar-refractivity contribution in [2.24, 2.45) is 0 Å². The van der Waals surface area contributed by atoms with Crippen LogP contribution in [0.2, 0.25) is 0 Å². The number of carbonyl (C=O) groups is 3. The predicted octanol–water partition coefficient (Wildman–Crippen LogP) is 0.998. The molecule has 0 aliphatic heterocycles. The molecule has 0 aliphatic rings. The van der Waals surface area contributed by atoms with Crippen LogP contribution in [-0.4, -0.2) is 44.4 Å². The lowest BCUT2D eigenvalue weighted by Gasteiger charge is -2.13. The second-order valence-corrected chi connectivity index (χ2v) is 5.89. The minimum atomic E-state index is -1.74. The number of amides is 1. The summed E-state index contributed by atoms with van der Waals surface area (Å²) >= 11 is 0. The first-order valence-corrected chi connectivity index (χ1v) is 8.12. The minimum absolute atomic E-state index is 0.0650. The van der Waals surface area contributed by atoms with E-state index in [4.69, 9.17) is 14.9 Å². The summed E-state index contributed by atoms with van der Waals surface area (Å²) < 4.78 is 10.3. The number of nitrogens with one attached hydrogen (secondary N) is 1. The number of hydrogen-bond donors (Lipinski definition) is 3. The van der Waals surface area contributed by atoms with E-state index in [2.05, 4.69) is 14.9 Å². The molecule has 0 bridgehead atoms. The number of benzene rings is 2. The Bertz CT molecular complexity index is 1010. The van der Waals surface area contributed by atoms with Gasteiger partial charge in [0.1, 0.15) is 29.4 Å². The van der Waals surface area contributed by atoms with E-state index in [0.29, 0.717) is 22.3 Å². The van der Waals surface area contributed by atoms with Crippen molar-refractivity contribution in [1.82, 2.24) is 15.6 Å². The third kappa shape index (κ3) is 4.61. The molecule has 10 heteroatoms. The molecule has 1 atom stereocenters. The van der Waals surface area contributed by atoms with Gasteiger partial charge in [-0.25, -0.2) is 14.2 Å². The maximum atomic E-state index is 11.2. The molecule has 3 aromatic rings. The summed E-state index contributed by atoms with van der Waals surface area (Å²) in [6, 6.07) is 10.6. The summed E-state index contributed by atoms with van der Waals surface area (Å²) in [5, 5.41) is 27.2. The lowest BCUT2D eigenvalue weighted by molar-refractivity contribution is -0.152. The van der Waals surface area contributed by atoms with Crippen LogP contribution >= 0.6 is 0 Å². The molecule has 1 unspecified atom stereocenters. The average Bonchev–Trinajstić information content (AvgIpc) is 3.14. The van der Waals surface area contributed by atoms with E-state index in [1.54, 1.807) is 36.4 Å². The fourth-order valence-corrected chi connectivity index (χ4v) is 2.46. The number of aromatic nitrogens is 2. The molecule has 3 rings (SSSR count). The zero-order valence-corrected chi connectivity index (χ0v) is 14.4. The fourth-order valence-electron chi connectivity index (χ4n) is 2.46. The van der Waals surface area contributed by atoms with Crippen molar-refractivity contribution in [2.75, 3.05) is 0 Å². The van der Waals surface area contributed by atoms with Crippen LogP contribution in [0.5, 0.6) is 5.75 Å². The van der Waals surface area contributed by atoms with Crippen LogP contribution < -0.4 is 10.1 Å². The van der Waals surface area contributed by atoms with Crippen molar-refractivity contribution in [3.8, 4) is 5.75 Å². The number of ether oxygens (including phenoxy) is 1. The van der Waals surface area contributed by atoms with Crippen LogP contribution in [0, 0.1) is 0 Å². The highest BCUT2D eigenvalue weighted by atomic mass is 16.6. The molecule has 0 saturated carbocycles. The van der Waals surface area contributed by atoms with Gasteiger partial charge in [-0.3, -0.25) is 4.79 Å². The number of carbonyl (C=O) groups excluding carboxylic acids is 1. The third-order valence-corrected chi connectivity index (χ3v) is 3.88. The second kappa shape index (κ2) is 8.16. The van der Waals surface area contributed by atoms with Crippen LogP contribution in [0.3, 0.4) is 0 Å². The van der Waals surface area contributed by atoms with E-state index >= 15 is 0 Å². The van der Waals surface area contributed by atoms with Crippen molar-refractivity contribution < 1.29 is 34.0 Å². The summed E-state index contributed by atoms with van der Waals surface area (Å²) in [5.74, 6) is -3.88. The maximum absolute atomic E-state index is 11.2. The third-order valence-electron chi connectivity index (χ3n) is 3.88. The highest BCUT2D eigenvalue weighted by Gasteiger charge is 2.23. The number of fused-ring (bicyclic) bond motifs is 1. The van der Waals surface area contributed by atoms with Crippen LogP contribution in [0.1, 0.15) is 11.1 Å². The molecule has 1 aromatic heterocycles. The number of hydrogen-bond acceptors (Lipinski definition) is 7. The SMILES string of the molecule is O=C(O)C(=O)NC(Cc1ccc(OCc2ccc3nonc3c2)cc1)C(=O)O. The molecule has 144 valence electrons. The Morgan fingerprint density at radius 1 is 1.00 bits per heavy atom. The lowest BCUT2D eigenvalue weighted by atomic mass is 10.1. The molecule has 1 amide bonds. The van der Waals surface area contributed by atoms with Crippen LogP contribution in [0.4, 0.5) is 0 Å². The van der Waals surface area contributed by atoms with E-state index in [9.17, 15) is 14.4 Å². The van der Waals surface area contributed by atoms with Crippen LogP contribution in [0.15, 0.2) is 47.1 Å². The Balaban J connectivity index is 1.59. The van der Waals surface area contributed by atoms with Crippen molar-refractivity contribution >= 4 is 28.9 Å². The maximum Gasteiger partial charge on any atom is 0.394 e. The molecule has 28 heavy (non-hydrogen) atoms. The molecule has 10 nitrogen and oxygen atoms in total. The van der Waals surface area contributed by atoms with Gasteiger partial charge in [0.2, 0.25) is 0 Å². The number of carboxylic acids is 2. The average molecular weight is 385 g/mol. The lowest BCUT2D eigenvalue weighted by Crippen LogP contribution is -2.45. The van der Waals surface area contributed by atoms with E-state index in [1.807, 2.05) is 11.4 Å². The standard InChI is InChI=1S/C18H15N3O7/c22-16(18(25)26)19-15(17(23)24)7-10-1-4-12(5-2-10)27-9-11-3-6-13-14(8-11)21-28-20-13/h1-6,8,15H,7,9H2,(H,19,22)(H,23,24)(H,25,26). The first-order valence-electron chi connectivity index (χ1n) is 8.12. The largest absolute Gasteiger partial charge is 0.489 e. The van der Waals surface area contributed by atoms with Crippen molar-refractivity contribution in [3.05, 3.63) is 53.6 Å². The zero-order chi connectivity index (χ0) is 20.1. The Morgan fingerprint density at radius 3 is 2.36 bits per heavy atom. The molecule has 0 fully saturated rings. The minimum Gasteiger partial charge on any atom is -0.489 e. The summed E-state index contributed by atoms with van der Waals surface area (Å²) in [7, 11) is 0. The molecule has 0 spiro atoms. The van der Waals surface area contributed by atoms with Gasteiger partial charge in [0.25, 0.3) is 0 Å². The van der Waals surface area contributed by atoms with Gasteiger partial charge < -0.3 is 20.3 Å². The van der Waals surface area contributed by atoms with Crippen LogP contribution in [-0.2, 0) is 27.4 Å². The van der Waals surface area contributed by atoms with Gasteiger partial charge >= 0.3 is 17.8 Å².